The molecule has 1 aromatic heterocycles. The Balaban J connectivity index is 1.91. The molecule has 3 rings (SSSR count). The van der Waals surface area contributed by atoms with Gasteiger partial charge >= 0.3 is 0 Å². The van der Waals surface area contributed by atoms with Gasteiger partial charge in [0.25, 0.3) is 0 Å². The molecule has 0 amide bonds. The lowest BCUT2D eigenvalue weighted by atomic mass is 10.1. The number of benzene rings is 2. The summed E-state index contributed by atoms with van der Waals surface area (Å²) in [5.74, 6) is 0.807. The van der Waals surface area contributed by atoms with Crippen LogP contribution in [0.25, 0.3) is 0 Å². The topological polar surface area (TPSA) is 85.1 Å². The number of sulfone groups is 1. The minimum Gasteiger partial charge on any atom is -0.380 e. The molecule has 7 heteroatoms. The molecule has 0 fully saturated rings. The first-order valence-electron chi connectivity index (χ1n) is 8.30. The molecule has 0 aliphatic heterocycles. The maximum Gasteiger partial charge on any atom is 0.183 e. The van der Waals surface area contributed by atoms with Gasteiger partial charge < -0.3 is 5.11 Å². The average molecular weight is 371 g/mol. The summed E-state index contributed by atoms with van der Waals surface area (Å²) >= 11 is 0. The predicted octanol–water partition coefficient (Wildman–Crippen LogP) is 2.00. The lowest BCUT2D eigenvalue weighted by Crippen LogP contribution is -2.12. The zero-order valence-electron chi connectivity index (χ0n) is 14.5. The van der Waals surface area contributed by atoms with Gasteiger partial charge in [0.05, 0.1) is 12.3 Å². The first-order chi connectivity index (χ1) is 12.4. The molecule has 0 bridgehead atoms. The van der Waals surface area contributed by atoms with E-state index in [1.165, 1.54) is 6.26 Å². The fraction of sp³-hybridized carbons (Fsp3) is 0.263. The number of hydrogen-bond acceptors (Lipinski definition) is 5. The first-order valence-corrected chi connectivity index (χ1v) is 10.4. The van der Waals surface area contributed by atoms with Crippen LogP contribution >= 0.6 is 0 Å². The van der Waals surface area contributed by atoms with Gasteiger partial charge in [-0.25, -0.2) is 18.1 Å². The van der Waals surface area contributed by atoms with E-state index in [1.54, 1.807) is 16.8 Å². The van der Waals surface area contributed by atoms with E-state index in [1.807, 2.05) is 48.5 Å². The van der Waals surface area contributed by atoms with Crippen LogP contribution in [-0.4, -0.2) is 40.3 Å². The molecule has 0 radical (unpaired) electrons. The molecule has 1 N–H and O–H groups in total. The predicted molar refractivity (Wildman–Crippen MR) is 99.5 cm³/mol. The molecule has 1 atom stereocenters. The van der Waals surface area contributed by atoms with Crippen molar-refractivity contribution < 1.29 is 13.5 Å². The van der Waals surface area contributed by atoms with E-state index < -0.39 is 15.9 Å². The summed E-state index contributed by atoms with van der Waals surface area (Å²) in [6, 6.07) is 18.9. The van der Waals surface area contributed by atoms with Gasteiger partial charge in [-0.2, -0.15) is 5.10 Å². The Labute approximate surface area is 153 Å². The standard InChI is InChI=1S/C19H21N3O3S/c1-26(24,25)13-12-17-20-19(18(23)16-10-6-3-7-11-16)21-22(17)14-15-8-4-2-5-9-15/h2-11,18,23H,12-14H2,1H3/t18-/m0/s1. The molecule has 0 aliphatic rings. The van der Waals surface area contributed by atoms with Crippen molar-refractivity contribution in [3.63, 3.8) is 0 Å². The number of rotatable bonds is 7. The molecule has 1 heterocycles. The van der Waals surface area contributed by atoms with E-state index in [2.05, 4.69) is 10.1 Å². The summed E-state index contributed by atoms with van der Waals surface area (Å²) in [6.07, 6.45) is 0.496. The number of aromatic nitrogens is 3. The molecule has 136 valence electrons. The van der Waals surface area contributed by atoms with Crippen molar-refractivity contribution in [1.82, 2.24) is 14.8 Å². The Morgan fingerprint density at radius 1 is 1.04 bits per heavy atom. The number of aliphatic hydroxyl groups is 1. The van der Waals surface area contributed by atoms with Crippen LogP contribution in [0, 0.1) is 0 Å². The maximum atomic E-state index is 11.5. The lowest BCUT2D eigenvalue weighted by Gasteiger charge is -2.06. The van der Waals surface area contributed by atoms with Crippen molar-refractivity contribution in [2.24, 2.45) is 0 Å². The highest BCUT2D eigenvalue weighted by Crippen LogP contribution is 2.19. The quantitative estimate of drug-likeness (QED) is 0.687. The van der Waals surface area contributed by atoms with Crippen molar-refractivity contribution in [2.45, 2.75) is 19.1 Å². The third-order valence-electron chi connectivity index (χ3n) is 4.00. The highest BCUT2D eigenvalue weighted by Gasteiger charge is 2.19. The van der Waals surface area contributed by atoms with Gasteiger partial charge in [-0.15, -0.1) is 0 Å². The van der Waals surface area contributed by atoms with Crippen molar-refractivity contribution in [1.29, 1.82) is 0 Å². The monoisotopic (exact) mass is 371 g/mol. The van der Waals surface area contributed by atoms with E-state index >= 15 is 0 Å². The minimum absolute atomic E-state index is 0.0125. The Morgan fingerprint density at radius 2 is 1.65 bits per heavy atom. The van der Waals surface area contributed by atoms with Crippen LogP contribution in [0.3, 0.4) is 0 Å². The van der Waals surface area contributed by atoms with Gasteiger partial charge in [0.15, 0.2) is 5.82 Å². The Kier molecular flexibility index (Phi) is 5.49. The highest BCUT2D eigenvalue weighted by atomic mass is 32.2. The summed E-state index contributed by atoms with van der Waals surface area (Å²) in [4.78, 5) is 4.42. The zero-order chi connectivity index (χ0) is 18.6. The van der Waals surface area contributed by atoms with Gasteiger partial charge in [-0.1, -0.05) is 60.7 Å². The number of aryl methyl sites for hydroxylation is 1. The Morgan fingerprint density at radius 3 is 2.27 bits per heavy atom. The Hall–Kier alpha value is -2.51. The van der Waals surface area contributed by atoms with Gasteiger partial charge in [-0.3, -0.25) is 0 Å². The second-order valence-corrected chi connectivity index (χ2v) is 8.48. The fourth-order valence-corrected chi connectivity index (χ4v) is 3.19. The van der Waals surface area contributed by atoms with E-state index in [4.69, 9.17) is 0 Å². The number of nitrogens with zero attached hydrogens (tertiary/aromatic N) is 3. The molecule has 26 heavy (non-hydrogen) atoms. The molecular formula is C19H21N3O3S. The fourth-order valence-electron chi connectivity index (χ4n) is 2.64. The van der Waals surface area contributed by atoms with Crippen LogP contribution in [0.5, 0.6) is 0 Å². The van der Waals surface area contributed by atoms with E-state index in [9.17, 15) is 13.5 Å². The minimum atomic E-state index is -3.12. The van der Waals surface area contributed by atoms with Gasteiger partial charge in [0, 0.05) is 12.7 Å². The molecule has 0 saturated carbocycles. The smallest absolute Gasteiger partial charge is 0.183 e. The molecule has 0 saturated heterocycles. The van der Waals surface area contributed by atoms with Crippen molar-refractivity contribution >= 4 is 9.84 Å². The molecular weight excluding hydrogens is 350 g/mol. The van der Waals surface area contributed by atoms with Crippen LogP contribution in [0.1, 0.15) is 28.9 Å². The molecule has 0 aliphatic carbocycles. The second-order valence-electron chi connectivity index (χ2n) is 6.22. The van der Waals surface area contributed by atoms with Crippen molar-refractivity contribution in [3.8, 4) is 0 Å². The van der Waals surface area contributed by atoms with Crippen molar-refractivity contribution in [3.05, 3.63) is 83.4 Å². The highest BCUT2D eigenvalue weighted by molar-refractivity contribution is 7.90. The summed E-state index contributed by atoms with van der Waals surface area (Å²) in [7, 11) is -3.12. The summed E-state index contributed by atoms with van der Waals surface area (Å²) in [5.41, 5.74) is 1.72. The molecule has 6 nitrogen and oxygen atoms in total. The van der Waals surface area contributed by atoms with Gasteiger partial charge in [-0.05, 0) is 11.1 Å². The van der Waals surface area contributed by atoms with Crippen LogP contribution in [0.15, 0.2) is 60.7 Å². The third-order valence-corrected chi connectivity index (χ3v) is 4.94. The molecule has 3 aromatic rings. The summed E-state index contributed by atoms with van der Waals surface area (Å²) in [6.45, 7) is 0.467. The maximum absolute atomic E-state index is 11.5. The molecule has 0 spiro atoms. The average Bonchev–Trinajstić information content (AvgIpc) is 3.03. The van der Waals surface area contributed by atoms with Crippen LogP contribution in [0.4, 0.5) is 0 Å². The van der Waals surface area contributed by atoms with E-state index in [0.717, 1.165) is 5.56 Å². The SMILES string of the molecule is CS(=O)(=O)CCc1nc([C@@H](O)c2ccccc2)nn1Cc1ccccc1. The van der Waals surface area contributed by atoms with Crippen molar-refractivity contribution in [2.75, 3.05) is 12.0 Å². The van der Waals surface area contributed by atoms with Crippen LogP contribution in [0.2, 0.25) is 0 Å². The zero-order valence-corrected chi connectivity index (χ0v) is 15.3. The normalized spacial score (nSPS) is 12.8. The van der Waals surface area contributed by atoms with Gasteiger partial charge in [0.2, 0.25) is 0 Å². The Bertz CT molecular complexity index is 954. The molecule has 2 aromatic carbocycles. The lowest BCUT2D eigenvalue weighted by molar-refractivity contribution is 0.209. The molecule has 0 unspecified atom stereocenters. The third kappa shape index (κ3) is 4.77. The van der Waals surface area contributed by atoms with E-state index in [0.29, 0.717) is 17.9 Å². The number of hydrogen-bond donors (Lipinski definition) is 1. The van der Waals surface area contributed by atoms with Crippen LogP contribution < -0.4 is 0 Å². The van der Waals surface area contributed by atoms with Gasteiger partial charge in [0.1, 0.15) is 21.8 Å². The second kappa shape index (κ2) is 7.80. The summed E-state index contributed by atoms with van der Waals surface area (Å²) < 4.78 is 24.7. The summed E-state index contributed by atoms with van der Waals surface area (Å²) in [5, 5.41) is 15.0. The number of aliphatic hydroxyl groups excluding tert-OH is 1. The first kappa shape index (κ1) is 18.3. The largest absolute Gasteiger partial charge is 0.380 e. The van der Waals surface area contributed by atoms with Crippen LogP contribution in [-0.2, 0) is 22.8 Å². The van der Waals surface area contributed by atoms with E-state index in [-0.39, 0.29) is 18.0 Å².